The Balaban J connectivity index is 1.48. The predicted octanol–water partition coefficient (Wildman–Crippen LogP) is 2.16. The number of carbonyl (C=O) groups is 1. The fourth-order valence-corrected chi connectivity index (χ4v) is 4.09. The van der Waals surface area contributed by atoms with E-state index in [0.717, 1.165) is 22.8 Å². The van der Waals surface area contributed by atoms with Gasteiger partial charge in [0.25, 0.3) is 0 Å². The third-order valence-electron chi connectivity index (χ3n) is 5.66. The van der Waals surface area contributed by atoms with Crippen molar-refractivity contribution in [3.8, 4) is 0 Å². The van der Waals surface area contributed by atoms with Crippen LogP contribution in [0.2, 0.25) is 0 Å². The fraction of sp³-hybridized carbons (Fsp3) is 0.444. The zero-order valence-electron chi connectivity index (χ0n) is 12.6. The maximum atomic E-state index is 12.4. The number of aromatic nitrogens is 1. The molecule has 0 radical (unpaired) electrons. The molecular formula is C18H21N3O. The summed E-state index contributed by atoms with van der Waals surface area (Å²) in [5.41, 5.74) is 7.42. The van der Waals surface area contributed by atoms with E-state index in [0.29, 0.717) is 6.42 Å². The second kappa shape index (κ2) is 5.06. The van der Waals surface area contributed by atoms with Crippen molar-refractivity contribution in [2.75, 3.05) is 0 Å². The molecule has 2 atom stereocenters. The molecule has 2 aliphatic carbocycles. The van der Waals surface area contributed by atoms with Crippen molar-refractivity contribution in [2.45, 2.75) is 44.2 Å². The fourth-order valence-electron chi connectivity index (χ4n) is 4.09. The van der Waals surface area contributed by atoms with Crippen LogP contribution in [0.4, 0.5) is 0 Å². The molecule has 3 N–H and O–H groups in total. The predicted molar refractivity (Wildman–Crippen MR) is 86.3 cm³/mol. The number of nitrogens with zero attached hydrogens (tertiary/aromatic N) is 1. The Hall–Kier alpha value is -1.94. The first kappa shape index (κ1) is 13.7. The zero-order valence-corrected chi connectivity index (χ0v) is 12.6. The summed E-state index contributed by atoms with van der Waals surface area (Å²) in [4.78, 5) is 16.6. The van der Waals surface area contributed by atoms with E-state index in [4.69, 9.17) is 5.73 Å². The molecule has 1 spiro atoms. The Morgan fingerprint density at radius 2 is 2.23 bits per heavy atom. The average molecular weight is 295 g/mol. The molecule has 1 amide bonds. The largest absolute Gasteiger partial charge is 0.352 e. The van der Waals surface area contributed by atoms with Gasteiger partial charge in [-0.3, -0.25) is 9.78 Å². The SMILES string of the molecule is NC1CC(NC(=O)Cc2cccc3cnccc23)C12CCC2. The highest BCUT2D eigenvalue weighted by Crippen LogP contribution is 2.55. The minimum atomic E-state index is 0.104. The van der Waals surface area contributed by atoms with Crippen molar-refractivity contribution in [2.24, 2.45) is 11.1 Å². The Morgan fingerprint density at radius 1 is 1.36 bits per heavy atom. The molecule has 2 unspecified atom stereocenters. The highest BCUT2D eigenvalue weighted by atomic mass is 16.1. The number of hydrogen-bond acceptors (Lipinski definition) is 3. The molecule has 22 heavy (non-hydrogen) atoms. The minimum Gasteiger partial charge on any atom is -0.352 e. The summed E-state index contributed by atoms with van der Waals surface area (Å²) in [5, 5.41) is 5.40. The van der Waals surface area contributed by atoms with Crippen LogP contribution in [0.5, 0.6) is 0 Å². The summed E-state index contributed by atoms with van der Waals surface area (Å²) in [7, 11) is 0. The number of rotatable bonds is 3. The molecule has 1 aromatic heterocycles. The number of fused-ring (bicyclic) bond motifs is 1. The highest BCUT2D eigenvalue weighted by Gasteiger charge is 2.56. The quantitative estimate of drug-likeness (QED) is 0.912. The Kier molecular flexibility index (Phi) is 3.15. The van der Waals surface area contributed by atoms with Crippen LogP contribution in [0.3, 0.4) is 0 Å². The van der Waals surface area contributed by atoms with Gasteiger partial charge in [0.1, 0.15) is 0 Å². The van der Waals surface area contributed by atoms with Gasteiger partial charge in [-0.2, -0.15) is 0 Å². The molecule has 1 aromatic carbocycles. The number of pyridine rings is 1. The van der Waals surface area contributed by atoms with Crippen LogP contribution in [-0.4, -0.2) is 23.0 Å². The van der Waals surface area contributed by atoms with E-state index >= 15 is 0 Å². The summed E-state index contributed by atoms with van der Waals surface area (Å²) < 4.78 is 0. The molecule has 4 heteroatoms. The monoisotopic (exact) mass is 295 g/mol. The number of amides is 1. The topological polar surface area (TPSA) is 68.0 Å². The van der Waals surface area contributed by atoms with Gasteiger partial charge in [-0.1, -0.05) is 24.6 Å². The summed E-state index contributed by atoms with van der Waals surface area (Å²) in [6, 6.07) is 8.56. The zero-order chi connectivity index (χ0) is 15.2. The molecule has 0 bridgehead atoms. The Bertz CT molecular complexity index is 718. The van der Waals surface area contributed by atoms with Crippen molar-refractivity contribution in [3.63, 3.8) is 0 Å². The molecule has 2 fully saturated rings. The number of hydrogen-bond donors (Lipinski definition) is 2. The van der Waals surface area contributed by atoms with Gasteiger partial charge in [0.15, 0.2) is 0 Å². The molecule has 4 rings (SSSR count). The van der Waals surface area contributed by atoms with E-state index in [1.165, 1.54) is 19.3 Å². The van der Waals surface area contributed by atoms with Crippen molar-refractivity contribution in [1.82, 2.24) is 10.3 Å². The van der Waals surface area contributed by atoms with Crippen molar-refractivity contribution in [3.05, 3.63) is 42.2 Å². The van der Waals surface area contributed by atoms with Gasteiger partial charge < -0.3 is 11.1 Å². The third-order valence-corrected chi connectivity index (χ3v) is 5.66. The van der Waals surface area contributed by atoms with Gasteiger partial charge in [-0.15, -0.1) is 0 Å². The lowest BCUT2D eigenvalue weighted by atomic mass is 9.50. The van der Waals surface area contributed by atoms with E-state index < -0.39 is 0 Å². The van der Waals surface area contributed by atoms with E-state index in [1.807, 2.05) is 30.5 Å². The molecule has 2 saturated carbocycles. The van der Waals surface area contributed by atoms with Crippen LogP contribution >= 0.6 is 0 Å². The lowest BCUT2D eigenvalue weighted by Gasteiger charge is -2.60. The van der Waals surface area contributed by atoms with Crippen LogP contribution in [0.15, 0.2) is 36.7 Å². The van der Waals surface area contributed by atoms with Crippen molar-refractivity contribution in [1.29, 1.82) is 0 Å². The van der Waals surface area contributed by atoms with Crippen LogP contribution in [0.1, 0.15) is 31.2 Å². The smallest absolute Gasteiger partial charge is 0.224 e. The van der Waals surface area contributed by atoms with Crippen LogP contribution in [0, 0.1) is 5.41 Å². The van der Waals surface area contributed by atoms with E-state index in [2.05, 4.69) is 10.3 Å². The van der Waals surface area contributed by atoms with Gasteiger partial charge in [-0.05, 0) is 36.3 Å². The first-order chi connectivity index (χ1) is 10.7. The molecule has 114 valence electrons. The van der Waals surface area contributed by atoms with Gasteiger partial charge in [-0.25, -0.2) is 0 Å². The molecule has 1 heterocycles. The Labute approximate surface area is 130 Å². The van der Waals surface area contributed by atoms with Gasteiger partial charge in [0, 0.05) is 35.3 Å². The standard InChI is InChI=1S/C18H21N3O/c19-15-10-16(18(15)6-2-7-18)21-17(22)9-12-3-1-4-13-11-20-8-5-14(12)13/h1,3-5,8,11,15-16H,2,6-7,9-10,19H2,(H,21,22). The number of carbonyl (C=O) groups excluding carboxylic acids is 1. The number of benzene rings is 1. The average Bonchev–Trinajstić information content (AvgIpc) is 2.45. The summed E-state index contributed by atoms with van der Waals surface area (Å²) in [5.74, 6) is 0.104. The van der Waals surface area contributed by atoms with Crippen molar-refractivity contribution >= 4 is 16.7 Å². The maximum Gasteiger partial charge on any atom is 0.224 e. The lowest BCUT2D eigenvalue weighted by molar-refractivity contribution is -0.127. The molecule has 2 aliphatic rings. The second-order valence-electron chi connectivity index (χ2n) is 6.74. The summed E-state index contributed by atoms with van der Waals surface area (Å²) in [6.07, 6.45) is 8.53. The first-order valence-electron chi connectivity index (χ1n) is 8.06. The number of nitrogens with two attached hydrogens (primary N) is 1. The molecular weight excluding hydrogens is 274 g/mol. The van der Waals surface area contributed by atoms with Crippen LogP contribution in [0.25, 0.3) is 10.8 Å². The minimum absolute atomic E-state index is 0.104. The first-order valence-corrected chi connectivity index (χ1v) is 8.06. The van der Waals surface area contributed by atoms with E-state index in [-0.39, 0.29) is 23.4 Å². The second-order valence-corrected chi connectivity index (χ2v) is 6.74. The van der Waals surface area contributed by atoms with E-state index in [1.54, 1.807) is 6.20 Å². The molecule has 0 aliphatic heterocycles. The molecule has 0 saturated heterocycles. The van der Waals surface area contributed by atoms with E-state index in [9.17, 15) is 4.79 Å². The summed E-state index contributed by atoms with van der Waals surface area (Å²) >= 11 is 0. The summed E-state index contributed by atoms with van der Waals surface area (Å²) in [6.45, 7) is 0. The third kappa shape index (κ3) is 2.02. The van der Waals surface area contributed by atoms with Gasteiger partial charge in [0.2, 0.25) is 5.91 Å². The highest BCUT2D eigenvalue weighted by molar-refractivity contribution is 5.89. The normalized spacial score (nSPS) is 25.5. The lowest BCUT2D eigenvalue weighted by Crippen LogP contribution is -2.70. The van der Waals surface area contributed by atoms with Crippen LogP contribution in [-0.2, 0) is 11.2 Å². The molecule has 2 aromatic rings. The number of nitrogens with one attached hydrogen (secondary N) is 1. The van der Waals surface area contributed by atoms with Gasteiger partial charge >= 0.3 is 0 Å². The molecule has 4 nitrogen and oxygen atoms in total. The van der Waals surface area contributed by atoms with Crippen LogP contribution < -0.4 is 11.1 Å². The Morgan fingerprint density at radius 3 is 2.95 bits per heavy atom. The van der Waals surface area contributed by atoms with Gasteiger partial charge in [0.05, 0.1) is 6.42 Å². The maximum absolute atomic E-state index is 12.4. The van der Waals surface area contributed by atoms with Crippen molar-refractivity contribution < 1.29 is 4.79 Å².